The maximum atomic E-state index is 12.1. The minimum absolute atomic E-state index is 0.0598. The van der Waals surface area contributed by atoms with E-state index >= 15 is 0 Å². The highest BCUT2D eigenvalue weighted by molar-refractivity contribution is 7.89. The highest BCUT2D eigenvalue weighted by atomic mass is 32.2. The van der Waals surface area contributed by atoms with Gasteiger partial charge in [-0.3, -0.25) is 4.79 Å². The number of hydrogen-bond acceptors (Lipinski definition) is 3. The molecule has 0 spiro atoms. The first-order valence-corrected chi connectivity index (χ1v) is 6.69. The fourth-order valence-electron chi connectivity index (χ4n) is 1.22. The SMILES string of the molecule is C=C(C)C(=O)Nc1ccccc1S(=O)(=O)N(C)C. The van der Waals surface area contributed by atoms with Crippen LogP contribution in [0.5, 0.6) is 0 Å². The number of anilines is 1. The van der Waals surface area contributed by atoms with E-state index in [1.54, 1.807) is 19.1 Å². The predicted molar refractivity (Wildman–Crippen MR) is 70.8 cm³/mol. The van der Waals surface area contributed by atoms with E-state index in [1.807, 2.05) is 0 Å². The van der Waals surface area contributed by atoms with Crippen molar-refractivity contribution in [3.05, 3.63) is 36.4 Å². The number of carbonyl (C=O) groups is 1. The van der Waals surface area contributed by atoms with Gasteiger partial charge in [-0.25, -0.2) is 12.7 Å². The lowest BCUT2D eigenvalue weighted by atomic mass is 10.3. The molecule has 1 rings (SSSR count). The summed E-state index contributed by atoms with van der Waals surface area (Å²) in [6, 6.07) is 6.25. The van der Waals surface area contributed by atoms with E-state index in [2.05, 4.69) is 11.9 Å². The van der Waals surface area contributed by atoms with Crippen LogP contribution in [0.4, 0.5) is 5.69 Å². The molecule has 18 heavy (non-hydrogen) atoms. The first kappa shape index (κ1) is 14.4. The van der Waals surface area contributed by atoms with Gasteiger partial charge < -0.3 is 5.32 Å². The molecule has 0 aliphatic heterocycles. The molecule has 98 valence electrons. The number of nitrogens with one attached hydrogen (secondary N) is 1. The maximum Gasteiger partial charge on any atom is 0.250 e. The van der Waals surface area contributed by atoms with Crippen LogP contribution in [0.3, 0.4) is 0 Å². The molecule has 0 bridgehead atoms. The number of para-hydroxylation sites is 1. The van der Waals surface area contributed by atoms with E-state index in [-0.39, 0.29) is 10.6 Å². The molecule has 0 saturated heterocycles. The summed E-state index contributed by atoms with van der Waals surface area (Å²) in [5.41, 5.74) is 0.561. The highest BCUT2D eigenvalue weighted by Crippen LogP contribution is 2.23. The van der Waals surface area contributed by atoms with Gasteiger partial charge in [0.2, 0.25) is 10.0 Å². The normalized spacial score (nSPS) is 11.3. The molecule has 0 aliphatic carbocycles. The molecule has 1 aromatic rings. The van der Waals surface area contributed by atoms with Crippen molar-refractivity contribution in [3.8, 4) is 0 Å². The van der Waals surface area contributed by atoms with Crippen LogP contribution in [-0.2, 0) is 14.8 Å². The first-order chi connectivity index (χ1) is 8.26. The van der Waals surface area contributed by atoms with Gasteiger partial charge in [-0.05, 0) is 19.1 Å². The number of hydrogen-bond donors (Lipinski definition) is 1. The molecule has 5 nitrogen and oxygen atoms in total. The van der Waals surface area contributed by atoms with Crippen molar-refractivity contribution in [3.63, 3.8) is 0 Å². The number of sulfonamides is 1. The minimum atomic E-state index is -3.59. The van der Waals surface area contributed by atoms with Crippen LogP contribution in [0, 0.1) is 0 Å². The monoisotopic (exact) mass is 268 g/mol. The standard InChI is InChI=1S/C12H16N2O3S/c1-9(2)12(15)13-10-7-5-6-8-11(10)18(16,17)14(3)4/h5-8H,1H2,2-4H3,(H,13,15). The third-order valence-electron chi connectivity index (χ3n) is 2.28. The molecule has 0 atom stereocenters. The Morgan fingerprint density at radius 2 is 1.83 bits per heavy atom. The Kier molecular flexibility index (Phi) is 4.26. The van der Waals surface area contributed by atoms with Crippen molar-refractivity contribution in [2.75, 3.05) is 19.4 Å². The fourth-order valence-corrected chi connectivity index (χ4v) is 2.26. The van der Waals surface area contributed by atoms with E-state index in [9.17, 15) is 13.2 Å². The Labute approximate surface area is 107 Å². The Bertz CT molecular complexity index is 577. The van der Waals surface area contributed by atoms with Gasteiger partial charge in [0.25, 0.3) is 5.91 Å². The van der Waals surface area contributed by atoms with Crippen molar-refractivity contribution >= 4 is 21.6 Å². The van der Waals surface area contributed by atoms with Gasteiger partial charge in [0.1, 0.15) is 4.90 Å². The third kappa shape index (κ3) is 2.96. The molecule has 0 saturated carbocycles. The summed E-state index contributed by atoms with van der Waals surface area (Å²) in [6.45, 7) is 5.06. The topological polar surface area (TPSA) is 66.5 Å². The Morgan fingerprint density at radius 3 is 2.33 bits per heavy atom. The van der Waals surface area contributed by atoms with E-state index in [1.165, 1.54) is 26.2 Å². The van der Waals surface area contributed by atoms with Crippen LogP contribution in [-0.4, -0.2) is 32.7 Å². The smallest absolute Gasteiger partial charge is 0.250 e. The molecule has 1 N–H and O–H groups in total. The molecule has 6 heteroatoms. The average Bonchev–Trinajstić information content (AvgIpc) is 2.29. The Balaban J connectivity index is 3.24. The molecule has 0 aliphatic rings. The molecule has 0 unspecified atom stereocenters. The summed E-state index contributed by atoms with van der Waals surface area (Å²) in [6.07, 6.45) is 0. The predicted octanol–water partition coefficient (Wildman–Crippen LogP) is 1.45. The molecule has 1 aromatic carbocycles. The summed E-state index contributed by atoms with van der Waals surface area (Å²) >= 11 is 0. The number of rotatable bonds is 4. The average molecular weight is 268 g/mol. The molecule has 0 heterocycles. The van der Waals surface area contributed by atoms with E-state index in [4.69, 9.17) is 0 Å². The lowest BCUT2D eigenvalue weighted by Gasteiger charge is -2.15. The van der Waals surface area contributed by atoms with Crippen molar-refractivity contribution in [1.29, 1.82) is 0 Å². The van der Waals surface area contributed by atoms with Crippen molar-refractivity contribution < 1.29 is 13.2 Å². The van der Waals surface area contributed by atoms with Crippen LogP contribution in [0.25, 0.3) is 0 Å². The molecule has 0 radical (unpaired) electrons. The van der Waals surface area contributed by atoms with Crippen molar-refractivity contribution in [2.45, 2.75) is 11.8 Å². The first-order valence-electron chi connectivity index (χ1n) is 5.25. The molecule has 0 fully saturated rings. The van der Waals surface area contributed by atoms with Crippen LogP contribution in [0.2, 0.25) is 0 Å². The maximum absolute atomic E-state index is 12.1. The second-order valence-corrected chi connectivity index (χ2v) is 6.14. The highest BCUT2D eigenvalue weighted by Gasteiger charge is 2.21. The number of carbonyl (C=O) groups excluding carboxylic acids is 1. The zero-order valence-electron chi connectivity index (χ0n) is 10.6. The van der Waals surface area contributed by atoms with Gasteiger partial charge in [-0.1, -0.05) is 18.7 Å². The lowest BCUT2D eigenvalue weighted by molar-refractivity contribution is -0.112. The Hall–Kier alpha value is -1.66. The van der Waals surface area contributed by atoms with E-state index in [0.717, 1.165) is 4.31 Å². The number of benzene rings is 1. The van der Waals surface area contributed by atoms with Crippen LogP contribution >= 0.6 is 0 Å². The van der Waals surface area contributed by atoms with Gasteiger partial charge in [0.05, 0.1) is 5.69 Å². The molecule has 0 aromatic heterocycles. The van der Waals surface area contributed by atoms with Crippen molar-refractivity contribution in [2.24, 2.45) is 0 Å². The Morgan fingerprint density at radius 1 is 1.28 bits per heavy atom. The largest absolute Gasteiger partial charge is 0.321 e. The van der Waals surface area contributed by atoms with Crippen LogP contribution in [0.1, 0.15) is 6.92 Å². The summed E-state index contributed by atoms with van der Waals surface area (Å²) in [4.78, 5) is 11.6. The summed E-state index contributed by atoms with van der Waals surface area (Å²) in [5.74, 6) is -0.406. The number of nitrogens with zero attached hydrogens (tertiary/aromatic N) is 1. The lowest BCUT2D eigenvalue weighted by Crippen LogP contribution is -2.24. The molecular formula is C12H16N2O3S. The van der Waals surface area contributed by atoms with Gasteiger partial charge >= 0.3 is 0 Å². The zero-order valence-corrected chi connectivity index (χ0v) is 11.4. The summed E-state index contributed by atoms with van der Waals surface area (Å²) in [5, 5.41) is 2.53. The zero-order chi connectivity index (χ0) is 13.9. The molecular weight excluding hydrogens is 252 g/mol. The van der Waals surface area contributed by atoms with E-state index < -0.39 is 15.9 Å². The van der Waals surface area contributed by atoms with E-state index in [0.29, 0.717) is 5.57 Å². The van der Waals surface area contributed by atoms with Gasteiger partial charge in [0.15, 0.2) is 0 Å². The minimum Gasteiger partial charge on any atom is -0.321 e. The van der Waals surface area contributed by atoms with Gasteiger partial charge in [-0.15, -0.1) is 0 Å². The number of amides is 1. The second kappa shape index (κ2) is 5.32. The van der Waals surface area contributed by atoms with Crippen LogP contribution < -0.4 is 5.32 Å². The van der Waals surface area contributed by atoms with Crippen molar-refractivity contribution in [1.82, 2.24) is 4.31 Å². The van der Waals surface area contributed by atoms with Crippen LogP contribution in [0.15, 0.2) is 41.3 Å². The van der Waals surface area contributed by atoms with Gasteiger partial charge in [0, 0.05) is 19.7 Å². The fraction of sp³-hybridized carbons (Fsp3) is 0.250. The summed E-state index contributed by atoms with van der Waals surface area (Å²) in [7, 11) is -0.716. The quantitative estimate of drug-likeness (QED) is 0.840. The second-order valence-electron chi connectivity index (χ2n) is 4.02. The third-order valence-corrected chi connectivity index (χ3v) is 4.15. The van der Waals surface area contributed by atoms with Gasteiger partial charge in [-0.2, -0.15) is 0 Å². The summed E-state index contributed by atoms with van der Waals surface area (Å²) < 4.78 is 25.2. The molecule has 1 amide bonds.